The van der Waals surface area contributed by atoms with Crippen molar-refractivity contribution in [3.63, 3.8) is 0 Å². The molecule has 0 bridgehead atoms. The number of anilines is 1. The fourth-order valence-corrected chi connectivity index (χ4v) is 3.12. The molecule has 0 aliphatic rings. The predicted molar refractivity (Wildman–Crippen MR) is 99.0 cm³/mol. The van der Waals surface area contributed by atoms with Gasteiger partial charge in [0.25, 0.3) is 0 Å². The smallest absolute Gasteiger partial charge is 0.133 e. The number of fused-ring (bicyclic) bond motifs is 1. The summed E-state index contributed by atoms with van der Waals surface area (Å²) in [7, 11) is 1.82. The Labute approximate surface area is 145 Å². The van der Waals surface area contributed by atoms with E-state index in [0.717, 1.165) is 22.5 Å². The summed E-state index contributed by atoms with van der Waals surface area (Å²) in [6, 6.07) is 13.4. The highest BCUT2D eigenvalue weighted by Crippen LogP contribution is 2.26. The first kappa shape index (κ1) is 15.4. The Balaban J connectivity index is 1.55. The molecule has 2 aromatic heterocycles. The summed E-state index contributed by atoms with van der Waals surface area (Å²) in [6.07, 6.45) is 3.47. The van der Waals surface area contributed by atoms with E-state index in [9.17, 15) is 4.39 Å². The van der Waals surface area contributed by atoms with E-state index in [1.807, 2.05) is 25.2 Å². The summed E-state index contributed by atoms with van der Waals surface area (Å²) in [6.45, 7) is 2.72. The number of benzene rings is 2. The van der Waals surface area contributed by atoms with Gasteiger partial charge in [-0.15, -0.1) is 0 Å². The van der Waals surface area contributed by atoms with Gasteiger partial charge in [-0.1, -0.05) is 18.2 Å². The largest absolute Gasteiger partial charge is 0.379 e. The Hall–Kier alpha value is -3.08. The fourth-order valence-electron chi connectivity index (χ4n) is 3.12. The van der Waals surface area contributed by atoms with E-state index in [2.05, 4.69) is 34.5 Å². The minimum absolute atomic E-state index is 0.258. The molecule has 4 rings (SSSR count). The zero-order chi connectivity index (χ0) is 17.4. The number of rotatable bonds is 4. The number of halogens is 1. The lowest BCUT2D eigenvalue weighted by Crippen LogP contribution is -2.01. The fraction of sp³-hybridized carbons (Fsp3) is 0.150. The maximum Gasteiger partial charge on any atom is 0.133 e. The van der Waals surface area contributed by atoms with Crippen molar-refractivity contribution in [2.45, 2.75) is 13.5 Å². The summed E-state index contributed by atoms with van der Waals surface area (Å²) in [5, 5.41) is 8.61. The number of para-hydroxylation sites is 1. The van der Waals surface area contributed by atoms with E-state index in [-0.39, 0.29) is 5.82 Å². The van der Waals surface area contributed by atoms with Crippen LogP contribution >= 0.6 is 0 Å². The molecule has 126 valence electrons. The van der Waals surface area contributed by atoms with Crippen LogP contribution < -0.4 is 5.32 Å². The maximum atomic E-state index is 14.4. The van der Waals surface area contributed by atoms with Gasteiger partial charge in [-0.05, 0) is 36.8 Å². The van der Waals surface area contributed by atoms with Crippen molar-refractivity contribution < 1.29 is 4.39 Å². The molecule has 0 saturated heterocycles. The molecule has 25 heavy (non-hydrogen) atoms. The molecule has 0 aliphatic carbocycles. The van der Waals surface area contributed by atoms with Gasteiger partial charge in [-0.3, -0.25) is 4.68 Å². The van der Waals surface area contributed by atoms with Crippen molar-refractivity contribution >= 4 is 16.6 Å². The van der Waals surface area contributed by atoms with Crippen molar-refractivity contribution in [1.82, 2.24) is 14.8 Å². The Kier molecular flexibility index (Phi) is 3.76. The Morgan fingerprint density at radius 3 is 2.76 bits per heavy atom. The van der Waals surface area contributed by atoms with Crippen LogP contribution in [0.15, 0.2) is 54.9 Å². The number of aromatic nitrogens is 3. The van der Waals surface area contributed by atoms with Crippen molar-refractivity contribution in [2.24, 2.45) is 7.05 Å². The van der Waals surface area contributed by atoms with Gasteiger partial charge in [0.1, 0.15) is 5.82 Å². The van der Waals surface area contributed by atoms with Crippen molar-refractivity contribution in [1.29, 1.82) is 0 Å². The van der Waals surface area contributed by atoms with E-state index < -0.39 is 0 Å². The summed E-state index contributed by atoms with van der Waals surface area (Å²) in [5.74, 6) is -0.258. The van der Waals surface area contributed by atoms with Gasteiger partial charge in [-0.25, -0.2) is 4.39 Å². The van der Waals surface area contributed by atoms with Gasteiger partial charge in [0.05, 0.1) is 12.7 Å². The Bertz CT molecular complexity index is 1040. The second-order valence-electron chi connectivity index (χ2n) is 6.22. The summed E-state index contributed by atoms with van der Waals surface area (Å²) < 4.78 is 16.1. The van der Waals surface area contributed by atoms with Crippen LogP contribution in [0.1, 0.15) is 11.3 Å². The van der Waals surface area contributed by atoms with Gasteiger partial charge in [-0.2, -0.15) is 5.10 Å². The lowest BCUT2D eigenvalue weighted by Gasteiger charge is -2.08. The Morgan fingerprint density at radius 1 is 1.20 bits per heavy atom. The highest BCUT2D eigenvalue weighted by Gasteiger charge is 2.10. The highest BCUT2D eigenvalue weighted by molar-refractivity contribution is 5.84. The molecule has 4 nitrogen and oxygen atoms in total. The molecule has 0 amide bonds. The van der Waals surface area contributed by atoms with Gasteiger partial charge in [0.2, 0.25) is 0 Å². The summed E-state index contributed by atoms with van der Waals surface area (Å²) in [5.41, 5.74) is 5.53. The highest BCUT2D eigenvalue weighted by atomic mass is 19.1. The first-order valence-corrected chi connectivity index (χ1v) is 8.20. The SMILES string of the molecule is Cc1c(CNc2ccc(-c3cnn(C)c3)c(F)c2)[nH]c2ccccc12. The van der Waals surface area contributed by atoms with Crippen molar-refractivity contribution in [3.8, 4) is 11.1 Å². The van der Waals surface area contributed by atoms with Crippen LogP contribution in [-0.2, 0) is 13.6 Å². The molecule has 2 N–H and O–H groups in total. The van der Waals surface area contributed by atoms with Crippen LogP contribution in [-0.4, -0.2) is 14.8 Å². The number of hydrogen-bond donors (Lipinski definition) is 2. The van der Waals surface area contributed by atoms with Crippen LogP contribution in [0.5, 0.6) is 0 Å². The van der Waals surface area contributed by atoms with Crippen molar-refractivity contribution in [3.05, 3.63) is 71.9 Å². The standard InChI is InChI=1S/C20H19FN4/c1-13-16-5-3-4-6-19(16)24-20(13)11-22-15-7-8-17(18(21)9-15)14-10-23-25(2)12-14/h3-10,12,22,24H,11H2,1-2H3. The molecule has 0 unspecified atom stereocenters. The van der Waals surface area contributed by atoms with Gasteiger partial charge < -0.3 is 10.3 Å². The third kappa shape index (κ3) is 2.89. The zero-order valence-corrected chi connectivity index (χ0v) is 14.2. The molecule has 0 fully saturated rings. The third-order valence-electron chi connectivity index (χ3n) is 4.52. The van der Waals surface area contributed by atoms with E-state index in [4.69, 9.17) is 0 Å². The van der Waals surface area contributed by atoms with Crippen LogP contribution in [0.3, 0.4) is 0 Å². The lowest BCUT2D eigenvalue weighted by atomic mass is 10.1. The number of aryl methyl sites for hydroxylation is 2. The van der Waals surface area contributed by atoms with Gasteiger partial charge >= 0.3 is 0 Å². The summed E-state index contributed by atoms with van der Waals surface area (Å²) in [4.78, 5) is 3.42. The van der Waals surface area contributed by atoms with Crippen LogP contribution in [0.25, 0.3) is 22.0 Å². The molecular weight excluding hydrogens is 315 g/mol. The summed E-state index contributed by atoms with van der Waals surface area (Å²) >= 11 is 0. The van der Waals surface area contributed by atoms with Gasteiger partial charge in [0.15, 0.2) is 0 Å². The molecular formula is C20H19FN4. The van der Waals surface area contributed by atoms with Crippen LogP contribution in [0.2, 0.25) is 0 Å². The van der Waals surface area contributed by atoms with E-state index in [0.29, 0.717) is 12.1 Å². The monoisotopic (exact) mass is 334 g/mol. The molecule has 0 atom stereocenters. The minimum Gasteiger partial charge on any atom is -0.379 e. The molecule has 0 aliphatic heterocycles. The van der Waals surface area contributed by atoms with E-state index in [1.165, 1.54) is 17.0 Å². The number of aromatic amines is 1. The number of nitrogens with one attached hydrogen (secondary N) is 2. The second-order valence-corrected chi connectivity index (χ2v) is 6.22. The molecule has 0 saturated carbocycles. The van der Waals surface area contributed by atoms with E-state index in [1.54, 1.807) is 23.1 Å². The first-order valence-electron chi connectivity index (χ1n) is 8.20. The minimum atomic E-state index is -0.258. The van der Waals surface area contributed by atoms with Crippen LogP contribution in [0, 0.1) is 12.7 Å². The number of nitrogens with zero attached hydrogens (tertiary/aromatic N) is 2. The number of H-pyrrole nitrogens is 1. The molecule has 0 radical (unpaired) electrons. The molecule has 0 spiro atoms. The first-order chi connectivity index (χ1) is 12.1. The molecule has 2 aromatic carbocycles. The molecule has 2 heterocycles. The normalized spacial score (nSPS) is 11.2. The average molecular weight is 334 g/mol. The van der Waals surface area contributed by atoms with Crippen molar-refractivity contribution in [2.75, 3.05) is 5.32 Å². The van der Waals surface area contributed by atoms with Gasteiger partial charge in [0, 0.05) is 46.7 Å². The Morgan fingerprint density at radius 2 is 2.04 bits per heavy atom. The second kappa shape index (κ2) is 6.09. The predicted octanol–water partition coefficient (Wildman–Crippen LogP) is 4.63. The average Bonchev–Trinajstić information content (AvgIpc) is 3.17. The lowest BCUT2D eigenvalue weighted by molar-refractivity contribution is 0.631. The third-order valence-corrected chi connectivity index (χ3v) is 4.52. The molecule has 5 heteroatoms. The van der Waals surface area contributed by atoms with E-state index >= 15 is 0 Å². The topological polar surface area (TPSA) is 45.6 Å². The number of hydrogen-bond acceptors (Lipinski definition) is 2. The quantitative estimate of drug-likeness (QED) is 0.572. The maximum absolute atomic E-state index is 14.4. The van der Waals surface area contributed by atoms with Crippen LogP contribution in [0.4, 0.5) is 10.1 Å². The molecule has 4 aromatic rings. The zero-order valence-electron chi connectivity index (χ0n) is 14.2.